The highest BCUT2D eigenvalue weighted by molar-refractivity contribution is 6.33. The number of rotatable bonds is 1. The molecular formula is C9H9ClO3. The summed E-state index contributed by atoms with van der Waals surface area (Å²) in [7, 11) is 1.28. The minimum Gasteiger partial charge on any atom is -0.508 e. The summed E-state index contributed by atoms with van der Waals surface area (Å²) in [4.78, 5) is 11.1. The molecule has 0 aliphatic rings. The molecule has 0 aliphatic carbocycles. The van der Waals surface area contributed by atoms with Crippen LogP contribution in [-0.4, -0.2) is 18.2 Å². The fraction of sp³-hybridized carbons (Fsp3) is 0.222. The monoisotopic (exact) mass is 200 g/mol. The maximum atomic E-state index is 11.1. The first kappa shape index (κ1) is 9.86. The van der Waals surface area contributed by atoms with E-state index in [1.165, 1.54) is 19.2 Å². The number of ether oxygens (including phenoxy) is 1. The van der Waals surface area contributed by atoms with E-state index in [0.29, 0.717) is 5.56 Å². The number of benzene rings is 1. The molecule has 0 amide bonds. The number of halogens is 1. The van der Waals surface area contributed by atoms with Gasteiger partial charge in [0.15, 0.2) is 0 Å². The lowest BCUT2D eigenvalue weighted by Gasteiger charge is -2.04. The Morgan fingerprint density at radius 3 is 2.69 bits per heavy atom. The third kappa shape index (κ3) is 1.92. The molecule has 4 heteroatoms. The van der Waals surface area contributed by atoms with Gasteiger partial charge in [0.05, 0.1) is 17.7 Å². The fourth-order valence-electron chi connectivity index (χ4n) is 0.937. The summed E-state index contributed by atoms with van der Waals surface area (Å²) >= 11 is 5.71. The van der Waals surface area contributed by atoms with Gasteiger partial charge in [0.1, 0.15) is 5.75 Å². The normalized spacial score (nSPS) is 9.77. The van der Waals surface area contributed by atoms with Crippen molar-refractivity contribution < 1.29 is 14.6 Å². The van der Waals surface area contributed by atoms with E-state index >= 15 is 0 Å². The van der Waals surface area contributed by atoms with Crippen molar-refractivity contribution >= 4 is 17.6 Å². The Morgan fingerprint density at radius 1 is 1.54 bits per heavy atom. The van der Waals surface area contributed by atoms with Gasteiger partial charge in [-0.25, -0.2) is 4.79 Å². The number of methoxy groups -OCH3 is 1. The van der Waals surface area contributed by atoms with Crippen LogP contribution in [0.25, 0.3) is 0 Å². The number of phenols is 1. The molecule has 1 rings (SSSR count). The van der Waals surface area contributed by atoms with Gasteiger partial charge in [0.2, 0.25) is 0 Å². The maximum absolute atomic E-state index is 11.1. The number of carbonyl (C=O) groups excluding carboxylic acids is 1. The molecule has 70 valence electrons. The highest BCUT2D eigenvalue weighted by atomic mass is 35.5. The average Bonchev–Trinajstić information content (AvgIpc) is 2.10. The van der Waals surface area contributed by atoms with Gasteiger partial charge in [-0.05, 0) is 24.6 Å². The Morgan fingerprint density at radius 2 is 2.15 bits per heavy atom. The first-order valence-corrected chi connectivity index (χ1v) is 4.01. The topological polar surface area (TPSA) is 46.5 Å². The van der Waals surface area contributed by atoms with Gasteiger partial charge >= 0.3 is 5.97 Å². The van der Waals surface area contributed by atoms with E-state index in [2.05, 4.69) is 4.74 Å². The standard InChI is InChI=1S/C9H9ClO3/c1-5-3-6(9(12)13-2)7(10)4-8(5)11/h3-4,11H,1-2H3. The van der Waals surface area contributed by atoms with Crippen LogP contribution in [0.15, 0.2) is 12.1 Å². The lowest BCUT2D eigenvalue weighted by atomic mass is 10.1. The van der Waals surface area contributed by atoms with Crippen LogP contribution >= 0.6 is 11.6 Å². The summed E-state index contributed by atoms with van der Waals surface area (Å²) in [6.45, 7) is 1.68. The Labute approximate surface area is 80.9 Å². The van der Waals surface area contributed by atoms with Crippen molar-refractivity contribution in [1.82, 2.24) is 0 Å². The minimum atomic E-state index is -0.506. The van der Waals surface area contributed by atoms with Gasteiger partial charge in [-0.15, -0.1) is 0 Å². The molecule has 0 spiro atoms. The first-order chi connectivity index (χ1) is 6.06. The molecule has 3 nitrogen and oxygen atoms in total. The van der Waals surface area contributed by atoms with E-state index in [1.54, 1.807) is 6.92 Å². The van der Waals surface area contributed by atoms with Crippen LogP contribution in [0.5, 0.6) is 5.75 Å². The van der Waals surface area contributed by atoms with Crippen molar-refractivity contribution in [1.29, 1.82) is 0 Å². The quantitative estimate of drug-likeness (QED) is 0.707. The largest absolute Gasteiger partial charge is 0.508 e. The third-order valence-electron chi connectivity index (χ3n) is 1.69. The minimum absolute atomic E-state index is 0.0673. The van der Waals surface area contributed by atoms with E-state index in [1.807, 2.05) is 0 Å². The molecule has 1 aromatic carbocycles. The summed E-state index contributed by atoms with van der Waals surface area (Å²) in [5, 5.41) is 9.43. The number of carbonyl (C=O) groups is 1. The van der Waals surface area contributed by atoms with E-state index in [-0.39, 0.29) is 16.3 Å². The second kappa shape index (κ2) is 3.66. The van der Waals surface area contributed by atoms with E-state index in [9.17, 15) is 9.90 Å². The van der Waals surface area contributed by atoms with Crippen LogP contribution in [0.1, 0.15) is 15.9 Å². The van der Waals surface area contributed by atoms with Crippen LogP contribution in [0.3, 0.4) is 0 Å². The predicted molar refractivity (Wildman–Crippen MR) is 49.2 cm³/mol. The van der Waals surface area contributed by atoms with Crippen molar-refractivity contribution in [3.05, 3.63) is 28.3 Å². The zero-order valence-electron chi connectivity index (χ0n) is 7.30. The lowest BCUT2D eigenvalue weighted by molar-refractivity contribution is 0.0601. The molecule has 0 saturated heterocycles. The summed E-state index contributed by atoms with van der Waals surface area (Å²) in [6, 6.07) is 2.81. The second-order valence-corrected chi connectivity index (χ2v) is 3.02. The Kier molecular flexibility index (Phi) is 2.78. The zero-order chi connectivity index (χ0) is 10.0. The molecule has 1 N–H and O–H groups in total. The van der Waals surface area contributed by atoms with Gasteiger partial charge in [-0.2, -0.15) is 0 Å². The molecular weight excluding hydrogens is 192 g/mol. The van der Waals surface area contributed by atoms with Crippen molar-refractivity contribution in [2.45, 2.75) is 6.92 Å². The smallest absolute Gasteiger partial charge is 0.339 e. The second-order valence-electron chi connectivity index (χ2n) is 2.61. The van der Waals surface area contributed by atoms with Crippen LogP contribution in [0, 0.1) is 6.92 Å². The molecule has 0 bridgehead atoms. The molecule has 0 aromatic heterocycles. The van der Waals surface area contributed by atoms with Crippen LogP contribution in [0.4, 0.5) is 0 Å². The number of esters is 1. The number of hydrogen-bond acceptors (Lipinski definition) is 3. The van der Waals surface area contributed by atoms with Crippen molar-refractivity contribution in [3.8, 4) is 5.75 Å². The number of phenolic OH excluding ortho intramolecular Hbond substituents is 1. The van der Waals surface area contributed by atoms with Gasteiger partial charge in [0.25, 0.3) is 0 Å². The maximum Gasteiger partial charge on any atom is 0.339 e. The highest BCUT2D eigenvalue weighted by Gasteiger charge is 2.12. The van der Waals surface area contributed by atoms with Gasteiger partial charge in [0, 0.05) is 0 Å². The predicted octanol–water partition coefficient (Wildman–Crippen LogP) is 2.14. The molecule has 0 unspecified atom stereocenters. The Bertz CT molecular complexity index is 347. The van der Waals surface area contributed by atoms with Gasteiger partial charge in [-0.3, -0.25) is 0 Å². The molecule has 0 radical (unpaired) electrons. The van der Waals surface area contributed by atoms with Gasteiger partial charge in [-0.1, -0.05) is 11.6 Å². The van der Waals surface area contributed by atoms with Crippen LogP contribution < -0.4 is 0 Å². The summed E-state index contributed by atoms with van der Waals surface area (Å²) in [5.41, 5.74) is 0.851. The highest BCUT2D eigenvalue weighted by Crippen LogP contribution is 2.25. The summed E-state index contributed by atoms with van der Waals surface area (Å²) in [5.74, 6) is -0.439. The van der Waals surface area contributed by atoms with E-state index < -0.39 is 5.97 Å². The van der Waals surface area contributed by atoms with Gasteiger partial charge < -0.3 is 9.84 Å². The van der Waals surface area contributed by atoms with Crippen molar-refractivity contribution in [2.24, 2.45) is 0 Å². The molecule has 0 heterocycles. The molecule has 0 saturated carbocycles. The number of hydrogen-bond donors (Lipinski definition) is 1. The number of aryl methyl sites for hydroxylation is 1. The molecule has 13 heavy (non-hydrogen) atoms. The first-order valence-electron chi connectivity index (χ1n) is 3.63. The van der Waals surface area contributed by atoms with Crippen molar-refractivity contribution in [2.75, 3.05) is 7.11 Å². The zero-order valence-corrected chi connectivity index (χ0v) is 8.05. The van der Waals surface area contributed by atoms with Crippen LogP contribution in [0.2, 0.25) is 5.02 Å². The van der Waals surface area contributed by atoms with Crippen LogP contribution in [-0.2, 0) is 4.74 Å². The van der Waals surface area contributed by atoms with E-state index in [0.717, 1.165) is 0 Å². The summed E-state index contributed by atoms with van der Waals surface area (Å²) < 4.78 is 4.51. The fourth-order valence-corrected chi connectivity index (χ4v) is 1.17. The molecule has 0 aliphatic heterocycles. The van der Waals surface area contributed by atoms with E-state index in [4.69, 9.17) is 11.6 Å². The SMILES string of the molecule is COC(=O)c1cc(C)c(O)cc1Cl. The van der Waals surface area contributed by atoms with Crippen molar-refractivity contribution in [3.63, 3.8) is 0 Å². The average molecular weight is 201 g/mol. The number of aromatic hydroxyl groups is 1. The Hall–Kier alpha value is -1.22. The molecule has 1 aromatic rings. The molecule has 0 atom stereocenters. The summed E-state index contributed by atoms with van der Waals surface area (Å²) in [6.07, 6.45) is 0. The lowest BCUT2D eigenvalue weighted by Crippen LogP contribution is -2.02. The third-order valence-corrected chi connectivity index (χ3v) is 2.00. The Balaban J connectivity index is 3.23. The molecule has 0 fully saturated rings.